The van der Waals surface area contributed by atoms with Crippen LogP contribution in [0.4, 0.5) is 5.69 Å². The smallest absolute Gasteiger partial charge is 0.271 e. The summed E-state index contributed by atoms with van der Waals surface area (Å²) in [6.45, 7) is 8.66. The van der Waals surface area contributed by atoms with Crippen molar-refractivity contribution in [3.63, 3.8) is 0 Å². The molecule has 0 radical (unpaired) electrons. The molecule has 0 spiro atoms. The Hall–Kier alpha value is -1.52. The Morgan fingerprint density at radius 1 is 1.50 bits per heavy atom. The summed E-state index contributed by atoms with van der Waals surface area (Å²) in [5, 5.41) is 6.94. The number of aromatic nitrogens is 2. The number of amides is 1. The van der Waals surface area contributed by atoms with Crippen molar-refractivity contribution in [1.82, 2.24) is 15.1 Å². The van der Waals surface area contributed by atoms with Crippen molar-refractivity contribution >= 4 is 11.6 Å². The normalized spacial score (nSPS) is 11.1. The van der Waals surface area contributed by atoms with Gasteiger partial charge in [0, 0.05) is 12.6 Å². The van der Waals surface area contributed by atoms with E-state index in [-0.39, 0.29) is 11.9 Å². The van der Waals surface area contributed by atoms with Crippen molar-refractivity contribution in [1.29, 1.82) is 0 Å². The lowest BCUT2D eigenvalue weighted by Gasteiger charge is -2.12. The van der Waals surface area contributed by atoms with Crippen molar-refractivity contribution in [3.05, 3.63) is 11.9 Å². The van der Waals surface area contributed by atoms with Gasteiger partial charge >= 0.3 is 0 Å². The molecule has 0 aliphatic rings. The van der Waals surface area contributed by atoms with Crippen LogP contribution in [0.1, 0.15) is 44.2 Å². The van der Waals surface area contributed by atoms with Crippen LogP contribution in [0.3, 0.4) is 0 Å². The van der Waals surface area contributed by atoms with E-state index in [9.17, 15) is 4.79 Å². The van der Waals surface area contributed by atoms with E-state index in [0.717, 1.165) is 0 Å². The Morgan fingerprint density at radius 2 is 2.12 bits per heavy atom. The van der Waals surface area contributed by atoms with Gasteiger partial charge in [-0.15, -0.1) is 0 Å². The van der Waals surface area contributed by atoms with E-state index >= 15 is 0 Å². The lowest BCUT2D eigenvalue weighted by atomic mass is 10.2. The van der Waals surface area contributed by atoms with Gasteiger partial charge in [-0.2, -0.15) is 5.10 Å². The summed E-state index contributed by atoms with van der Waals surface area (Å²) in [6, 6.07) is 0.122. The summed E-state index contributed by atoms with van der Waals surface area (Å²) in [4.78, 5) is 11.9. The molecule has 0 fully saturated rings. The number of carbonyl (C=O) groups excluding carboxylic acids is 1. The molecule has 0 saturated heterocycles. The molecule has 0 aromatic carbocycles. The zero-order valence-corrected chi connectivity index (χ0v) is 10.3. The highest BCUT2D eigenvalue weighted by Crippen LogP contribution is 2.15. The van der Waals surface area contributed by atoms with Gasteiger partial charge in [-0.1, -0.05) is 13.8 Å². The number of carbonyl (C=O) groups is 1. The highest BCUT2D eigenvalue weighted by molar-refractivity contribution is 5.97. The third-order valence-corrected chi connectivity index (χ3v) is 2.20. The van der Waals surface area contributed by atoms with Crippen molar-refractivity contribution in [2.45, 2.75) is 33.7 Å². The highest BCUT2D eigenvalue weighted by Gasteiger charge is 2.18. The molecule has 0 aliphatic carbocycles. The Morgan fingerprint density at radius 3 is 2.62 bits per heavy atom. The fourth-order valence-electron chi connectivity index (χ4n) is 1.38. The summed E-state index contributed by atoms with van der Waals surface area (Å²) in [5.74, 6) is 0.262. The van der Waals surface area contributed by atoms with E-state index in [0.29, 0.717) is 23.8 Å². The third-order valence-electron chi connectivity index (χ3n) is 2.20. The van der Waals surface area contributed by atoms with Crippen LogP contribution in [0.2, 0.25) is 0 Å². The Kier molecular flexibility index (Phi) is 3.93. The molecular formula is C11H20N4O. The number of hydrogen-bond acceptors (Lipinski definition) is 3. The van der Waals surface area contributed by atoms with Gasteiger partial charge in [-0.3, -0.25) is 9.48 Å². The minimum absolute atomic E-state index is 0.122. The van der Waals surface area contributed by atoms with Gasteiger partial charge in [-0.25, -0.2) is 0 Å². The van der Waals surface area contributed by atoms with Crippen LogP contribution in [-0.2, 0) is 0 Å². The molecule has 0 atom stereocenters. The third kappa shape index (κ3) is 2.74. The zero-order chi connectivity index (χ0) is 12.3. The molecule has 0 saturated carbocycles. The van der Waals surface area contributed by atoms with Crippen molar-refractivity contribution in [2.24, 2.45) is 5.92 Å². The summed E-state index contributed by atoms with van der Waals surface area (Å²) < 4.78 is 1.64. The van der Waals surface area contributed by atoms with Gasteiger partial charge in [0.2, 0.25) is 0 Å². The minimum atomic E-state index is -0.155. The van der Waals surface area contributed by atoms with Gasteiger partial charge < -0.3 is 11.1 Å². The monoisotopic (exact) mass is 224 g/mol. The molecule has 90 valence electrons. The second-order valence-electron chi connectivity index (χ2n) is 4.59. The van der Waals surface area contributed by atoms with Crippen molar-refractivity contribution in [3.8, 4) is 0 Å². The first-order chi connectivity index (χ1) is 7.43. The Labute approximate surface area is 96.0 Å². The topological polar surface area (TPSA) is 72.9 Å². The average Bonchev–Trinajstić information content (AvgIpc) is 2.56. The van der Waals surface area contributed by atoms with E-state index in [1.807, 2.05) is 27.7 Å². The minimum Gasteiger partial charge on any atom is -0.396 e. The molecule has 0 bridgehead atoms. The Balaban J connectivity index is 2.85. The second kappa shape index (κ2) is 5.01. The van der Waals surface area contributed by atoms with Crippen LogP contribution in [-0.4, -0.2) is 22.2 Å². The number of nitrogens with two attached hydrogens (primary N) is 1. The first-order valence-electron chi connectivity index (χ1n) is 5.54. The van der Waals surface area contributed by atoms with Gasteiger partial charge in [0.25, 0.3) is 5.91 Å². The van der Waals surface area contributed by atoms with Gasteiger partial charge in [-0.05, 0) is 19.8 Å². The summed E-state index contributed by atoms with van der Waals surface area (Å²) >= 11 is 0. The zero-order valence-electron chi connectivity index (χ0n) is 10.3. The maximum absolute atomic E-state index is 11.9. The molecule has 5 heteroatoms. The molecule has 0 unspecified atom stereocenters. The quantitative estimate of drug-likeness (QED) is 0.812. The molecule has 1 aromatic rings. The molecule has 1 heterocycles. The number of hydrogen-bond donors (Lipinski definition) is 2. The fraction of sp³-hybridized carbons (Fsp3) is 0.636. The summed E-state index contributed by atoms with van der Waals surface area (Å²) in [7, 11) is 0. The summed E-state index contributed by atoms with van der Waals surface area (Å²) in [5.41, 5.74) is 6.62. The average molecular weight is 224 g/mol. The highest BCUT2D eigenvalue weighted by atomic mass is 16.2. The van der Waals surface area contributed by atoms with Gasteiger partial charge in [0.1, 0.15) is 5.69 Å². The predicted molar refractivity (Wildman–Crippen MR) is 64.2 cm³/mol. The van der Waals surface area contributed by atoms with E-state index in [4.69, 9.17) is 5.73 Å². The largest absolute Gasteiger partial charge is 0.396 e. The molecule has 5 nitrogen and oxygen atoms in total. The maximum atomic E-state index is 11.9. The van der Waals surface area contributed by atoms with Gasteiger partial charge in [0.05, 0.1) is 11.9 Å². The number of nitrogens with one attached hydrogen (secondary N) is 1. The molecule has 0 aliphatic heterocycles. The lowest BCUT2D eigenvalue weighted by molar-refractivity contribution is 0.0937. The standard InChI is InChI=1S/C11H20N4O/c1-7(2)5-13-11(16)10-9(12)6-14-15(10)8(3)4/h6-8H,5,12H2,1-4H3,(H,13,16). The molecule has 16 heavy (non-hydrogen) atoms. The van der Waals surface area contributed by atoms with E-state index in [2.05, 4.69) is 10.4 Å². The number of rotatable bonds is 4. The van der Waals surface area contributed by atoms with E-state index in [1.54, 1.807) is 4.68 Å². The van der Waals surface area contributed by atoms with Crippen LogP contribution >= 0.6 is 0 Å². The van der Waals surface area contributed by atoms with E-state index in [1.165, 1.54) is 6.20 Å². The van der Waals surface area contributed by atoms with Crippen molar-refractivity contribution in [2.75, 3.05) is 12.3 Å². The maximum Gasteiger partial charge on any atom is 0.271 e. The number of anilines is 1. The predicted octanol–water partition coefficient (Wildman–Crippen LogP) is 1.43. The lowest BCUT2D eigenvalue weighted by Crippen LogP contribution is -2.30. The van der Waals surface area contributed by atoms with Crippen LogP contribution in [0.5, 0.6) is 0 Å². The van der Waals surface area contributed by atoms with E-state index < -0.39 is 0 Å². The first-order valence-corrected chi connectivity index (χ1v) is 5.54. The molecular weight excluding hydrogens is 204 g/mol. The molecule has 3 N–H and O–H groups in total. The molecule has 1 rings (SSSR count). The molecule has 1 aromatic heterocycles. The Bertz CT molecular complexity index is 368. The second-order valence-corrected chi connectivity index (χ2v) is 4.59. The fourth-order valence-corrected chi connectivity index (χ4v) is 1.38. The summed E-state index contributed by atoms with van der Waals surface area (Å²) in [6.07, 6.45) is 1.52. The first kappa shape index (κ1) is 12.5. The van der Waals surface area contributed by atoms with Crippen molar-refractivity contribution < 1.29 is 4.79 Å². The number of nitrogen functional groups attached to an aromatic ring is 1. The molecule has 1 amide bonds. The van der Waals surface area contributed by atoms with Crippen LogP contribution < -0.4 is 11.1 Å². The van der Waals surface area contributed by atoms with Crippen LogP contribution in [0.15, 0.2) is 6.20 Å². The van der Waals surface area contributed by atoms with Crippen LogP contribution in [0, 0.1) is 5.92 Å². The van der Waals surface area contributed by atoms with Crippen LogP contribution in [0.25, 0.3) is 0 Å². The number of nitrogens with zero attached hydrogens (tertiary/aromatic N) is 2. The van der Waals surface area contributed by atoms with Gasteiger partial charge in [0.15, 0.2) is 0 Å². The SMILES string of the molecule is CC(C)CNC(=O)c1c(N)cnn1C(C)C.